The van der Waals surface area contributed by atoms with Crippen LogP contribution in [0.15, 0.2) is 42.5 Å². The molecule has 2 nitrogen and oxygen atoms in total. The Morgan fingerprint density at radius 2 is 1.25 bits per heavy atom. The highest BCUT2D eigenvalue weighted by Gasteiger charge is 2.34. The molecule has 0 bridgehead atoms. The zero-order chi connectivity index (χ0) is 14.5. The highest BCUT2D eigenvalue weighted by Crippen LogP contribution is 2.27. The van der Waals surface area contributed by atoms with Gasteiger partial charge in [0.2, 0.25) is 0 Å². The molecule has 0 saturated heterocycles. The molecule has 0 aromatic heterocycles. The second-order valence-corrected chi connectivity index (χ2v) is 11.2. The van der Waals surface area contributed by atoms with Crippen molar-refractivity contribution in [3.63, 3.8) is 0 Å². The van der Waals surface area contributed by atoms with Crippen LogP contribution >= 0.6 is 0 Å². The second-order valence-electron chi connectivity index (χ2n) is 6.18. The first-order chi connectivity index (χ1) is 9.41. The maximum atomic E-state index is 12.8. The van der Waals surface area contributed by atoms with Crippen LogP contribution in [-0.2, 0) is 0 Å². The van der Waals surface area contributed by atoms with Gasteiger partial charge in [-0.1, -0.05) is 62.1 Å². The minimum absolute atomic E-state index is 0.00627. The molecule has 2 aromatic carbocycles. The first-order valence-corrected chi connectivity index (χ1v) is 10.2. The topological polar surface area (TPSA) is 34.1 Å². The second kappa shape index (κ2) is 4.25. The van der Waals surface area contributed by atoms with Crippen LogP contribution in [0.25, 0.3) is 0 Å². The first-order valence-electron chi connectivity index (χ1n) is 6.73. The van der Waals surface area contributed by atoms with Gasteiger partial charge in [-0.15, -0.1) is 0 Å². The lowest BCUT2D eigenvalue weighted by atomic mass is 9.84. The molecule has 0 aliphatic heterocycles. The number of fused-ring (bicyclic) bond motifs is 2. The molecule has 3 rings (SSSR count). The van der Waals surface area contributed by atoms with E-state index in [2.05, 4.69) is 19.6 Å². The summed E-state index contributed by atoms with van der Waals surface area (Å²) >= 11 is 0. The Hall–Kier alpha value is -2.00. The third-order valence-corrected chi connectivity index (χ3v) is 5.79. The molecule has 0 atom stereocenters. The van der Waals surface area contributed by atoms with Crippen LogP contribution in [0, 0.1) is 0 Å². The Morgan fingerprint density at radius 3 is 1.85 bits per heavy atom. The number of carbonyl (C=O) groups is 2. The molecule has 0 radical (unpaired) electrons. The molecule has 1 aliphatic carbocycles. The lowest BCUT2D eigenvalue weighted by Gasteiger charge is -2.25. The summed E-state index contributed by atoms with van der Waals surface area (Å²) in [5.41, 5.74) is 2.26. The van der Waals surface area contributed by atoms with Crippen LogP contribution < -0.4 is 5.19 Å². The molecular weight excluding hydrogens is 264 g/mol. The summed E-state index contributed by atoms with van der Waals surface area (Å²) in [5.74, 6) is -0.0384. The van der Waals surface area contributed by atoms with E-state index in [9.17, 15) is 9.59 Å². The van der Waals surface area contributed by atoms with Crippen molar-refractivity contribution in [2.45, 2.75) is 19.6 Å². The van der Waals surface area contributed by atoms with Gasteiger partial charge in [0.1, 0.15) is 0 Å². The SMILES string of the molecule is C[Si](C)(C)c1cccc2c1C(=O)c1ccccc1C2=O. The number of hydrogen-bond donors (Lipinski definition) is 0. The number of rotatable bonds is 1. The van der Waals surface area contributed by atoms with Crippen molar-refractivity contribution in [1.82, 2.24) is 0 Å². The smallest absolute Gasteiger partial charge is 0.194 e. The first kappa shape index (κ1) is 13.0. The standard InChI is InChI=1S/C17H16O2Si/c1-20(2,3)14-10-6-9-13-15(14)17(19)12-8-5-4-7-11(12)16(13)18/h4-10H,1-3H3. The predicted molar refractivity (Wildman–Crippen MR) is 82.7 cm³/mol. The highest BCUT2D eigenvalue weighted by molar-refractivity contribution is 6.89. The van der Waals surface area contributed by atoms with Crippen molar-refractivity contribution in [3.05, 3.63) is 64.7 Å². The van der Waals surface area contributed by atoms with Crippen LogP contribution in [-0.4, -0.2) is 19.6 Å². The van der Waals surface area contributed by atoms with Gasteiger partial charge in [0.05, 0.1) is 8.07 Å². The van der Waals surface area contributed by atoms with Gasteiger partial charge in [0.25, 0.3) is 0 Å². The summed E-state index contributed by atoms with van der Waals surface area (Å²) in [5, 5.41) is 1.07. The quantitative estimate of drug-likeness (QED) is 0.642. The Labute approximate surface area is 119 Å². The van der Waals surface area contributed by atoms with Crippen molar-refractivity contribution in [2.75, 3.05) is 0 Å². The van der Waals surface area contributed by atoms with Gasteiger partial charge < -0.3 is 0 Å². The molecule has 0 fully saturated rings. The van der Waals surface area contributed by atoms with Gasteiger partial charge in [-0.3, -0.25) is 9.59 Å². The van der Waals surface area contributed by atoms with Gasteiger partial charge >= 0.3 is 0 Å². The molecule has 0 amide bonds. The highest BCUT2D eigenvalue weighted by atomic mass is 28.3. The third-order valence-electron chi connectivity index (χ3n) is 3.76. The van der Waals surface area contributed by atoms with E-state index < -0.39 is 8.07 Å². The normalized spacial score (nSPS) is 13.9. The zero-order valence-corrected chi connectivity index (χ0v) is 12.9. The van der Waals surface area contributed by atoms with E-state index in [4.69, 9.17) is 0 Å². The minimum Gasteiger partial charge on any atom is -0.289 e. The molecule has 2 aromatic rings. The summed E-state index contributed by atoms with van der Waals surface area (Å²) in [6.07, 6.45) is 0. The Morgan fingerprint density at radius 1 is 0.700 bits per heavy atom. The fourth-order valence-corrected chi connectivity index (χ4v) is 4.36. The summed E-state index contributed by atoms with van der Waals surface area (Å²) in [6, 6.07) is 12.8. The van der Waals surface area contributed by atoms with Gasteiger partial charge in [-0.05, 0) is 5.19 Å². The Kier molecular flexibility index (Phi) is 2.76. The predicted octanol–water partition coefficient (Wildman–Crippen LogP) is 3.01. The fraction of sp³-hybridized carbons (Fsp3) is 0.176. The Balaban J connectivity index is 2.34. The lowest BCUT2D eigenvalue weighted by molar-refractivity contribution is 0.0980. The van der Waals surface area contributed by atoms with Crippen molar-refractivity contribution >= 4 is 24.8 Å². The molecule has 20 heavy (non-hydrogen) atoms. The summed E-state index contributed by atoms with van der Waals surface area (Å²) in [6.45, 7) is 6.59. The van der Waals surface area contributed by atoms with Gasteiger partial charge in [0.15, 0.2) is 11.6 Å². The van der Waals surface area contributed by atoms with Crippen LogP contribution in [0.2, 0.25) is 19.6 Å². The van der Waals surface area contributed by atoms with E-state index in [-0.39, 0.29) is 11.6 Å². The van der Waals surface area contributed by atoms with E-state index in [1.807, 2.05) is 18.2 Å². The molecule has 0 spiro atoms. The van der Waals surface area contributed by atoms with Gasteiger partial charge in [-0.2, -0.15) is 0 Å². The van der Waals surface area contributed by atoms with Crippen LogP contribution in [0.1, 0.15) is 31.8 Å². The van der Waals surface area contributed by atoms with Crippen molar-refractivity contribution < 1.29 is 9.59 Å². The van der Waals surface area contributed by atoms with Crippen LogP contribution in [0.4, 0.5) is 0 Å². The monoisotopic (exact) mass is 280 g/mol. The minimum atomic E-state index is -1.68. The summed E-state index contributed by atoms with van der Waals surface area (Å²) in [4.78, 5) is 25.4. The van der Waals surface area contributed by atoms with Crippen molar-refractivity contribution in [3.8, 4) is 0 Å². The van der Waals surface area contributed by atoms with Gasteiger partial charge in [-0.25, -0.2) is 0 Å². The largest absolute Gasteiger partial charge is 0.289 e. The zero-order valence-electron chi connectivity index (χ0n) is 11.9. The van der Waals surface area contributed by atoms with E-state index >= 15 is 0 Å². The molecule has 0 N–H and O–H groups in total. The van der Waals surface area contributed by atoms with Crippen LogP contribution in [0.3, 0.4) is 0 Å². The third kappa shape index (κ3) is 1.78. The van der Waals surface area contributed by atoms with Crippen molar-refractivity contribution in [1.29, 1.82) is 0 Å². The van der Waals surface area contributed by atoms with E-state index in [0.29, 0.717) is 22.3 Å². The molecular formula is C17H16O2Si. The fourth-order valence-electron chi connectivity index (χ4n) is 2.77. The molecule has 0 saturated carbocycles. The summed E-state index contributed by atoms with van der Waals surface area (Å²) < 4.78 is 0. The van der Waals surface area contributed by atoms with E-state index in [1.165, 1.54) is 0 Å². The number of ketones is 2. The molecule has 1 aliphatic rings. The lowest BCUT2D eigenvalue weighted by Crippen LogP contribution is -2.43. The number of benzene rings is 2. The summed E-state index contributed by atoms with van der Waals surface area (Å²) in [7, 11) is -1.68. The maximum absolute atomic E-state index is 12.8. The average Bonchev–Trinajstić information content (AvgIpc) is 2.43. The molecule has 0 unspecified atom stereocenters. The number of carbonyl (C=O) groups excluding carboxylic acids is 2. The average molecular weight is 280 g/mol. The van der Waals surface area contributed by atoms with Gasteiger partial charge in [0, 0.05) is 22.3 Å². The van der Waals surface area contributed by atoms with Crippen LogP contribution in [0.5, 0.6) is 0 Å². The molecule has 0 heterocycles. The Bertz CT molecular complexity index is 739. The van der Waals surface area contributed by atoms with Crippen molar-refractivity contribution in [2.24, 2.45) is 0 Å². The maximum Gasteiger partial charge on any atom is 0.194 e. The number of hydrogen-bond acceptors (Lipinski definition) is 2. The molecule has 3 heteroatoms. The van der Waals surface area contributed by atoms with E-state index in [1.54, 1.807) is 24.3 Å². The van der Waals surface area contributed by atoms with E-state index in [0.717, 1.165) is 5.19 Å². The molecule has 100 valence electrons.